The minimum Gasteiger partial charge on any atom is -0.441 e. The molecule has 0 atom stereocenters. The van der Waals surface area contributed by atoms with Crippen molar-refractivity contribution in [3.8, 4) is 17.1 Å². The SMILES string of the molecule is Cc1cc(C)c2c(=O)n(Cc3nc(-c4ccc(Cl)cc4)oc3C)c(=O)n(-c3ccccc3)c2n1. The van der Waals surface area contributed by atoms with Gasteiger partial charge in [0.25, 0.3) is 5.56 Å². The monoisotopic (exact) mass is 472 g/mol. The van der Waals surface area contributed by atoms with Gasteiger partial charge in [0.1, 0.15) is 11.5 Å². The Morgan fingerprint density at radius 1 is 0.941 bits per heavy atom. The molecule has 8 heteroatoms. The molecule has 7 nitrogen and oxygen atoms in total. The van der Waals surface area contributed by atoms with Crippen LogP contribution >= 0.6 is 11.6 Å². The van der Waals surface area contributed by atoms with Gasteiger partial charge in [0.2, 0.25) is 5.89 Å². The average Bonchev–Trinajstić information content (AvgIpc) is 3.17. The number of aromatic nitrogens is 4. The number of para-hydroxylation sites is 1. The molecule has 2 aromatic carbocycles. The normalized spacial score (nSPS) is 11.3. The Kier molecular flexibility index (Phi) is 5.42. The second-order valence-corrected chi connectivity index (χ2v) is 8.59. The Morgan fingerprint density at radius 2 is 1.65 bits per heavy atom. The number of benzene rings is 2. The standard InChI is InChI=1S/C26H21ClN4O3/c1-15-13-16(2)28-23-22(15)25(32)30(26(33)31(23)20-7-5-4-6-8-20)14-21-17(3)34-24(29-21)18-9-11-19(27)12-10-18/h4-13H,14H2,1-3H3. The van der Waals surface area contributed by atoms with Crippen molar-refractivity contribution in [2.45, 2.75) is 27.3 Å². The van der Waals surface area contributed by atoms with E-state index in [-0.39, 0.29) is 6.54 Å². The molecule has 0 unspecified atom stereocenters. The number of nitrogens with zero attached hydrogens (tertiary/aromatic N) is 4. The third-order valence-electron chi connectivity index (χ3n) is 5.72. The number of fused-ring (bicyclic) bond motifs is 1. The largest absolute Gasteiger partial charge is 0.441 e. The number of rotatable bonds is 4. The molecular weight excluding hydrogens is 452 g/mol. The number of hydrogen-bond acceptors (Lipinski definition) is 5. The molecule has 0 aliphatic heterocycles. The van der Waals surface area contributed by atoms with E-state index in [0.717, 1.165) is 16.8 Å². The molecular formula is C26H21ClN4O3. The van der Waals surface area contributed by atoms with Crippen LogP contribution in [-0.4, -0.2) is 19.1 Å². The van der Waals surface area contributed by atoms with E-state index in [0.29, 0.717) is 39.1 Å². The highest BCUT2D eigenvalue weighted by atomic mass is 35.5. The van der Waals surface area contributed by atoms with Crippen LogP contribution in [0.5, 0.6) is 0 Å². The molecule has 5 rings (SSSR count). The zero-order valence-electron chi connectivity index (χ0n) is 18.9. The van der Waals surface area contributed by atoms with Crippen molar-refractivity contribution < 1.29 is 4.42 Å². The molecule has 0 bridgehead atoms. The van der Waals surface area contributed by atoms with Crippen molar-refractivity contribution in [2.75, 3.05) is 0 Å². The summed E-state index contributed by atoms with van der Waals surface area (Å²) in [4.78, 5) is 36.3. The maximum atomic E-state index is 13.7. The van der Waals surface area contributed by atoms with Crippen molar-refractivity contribution in [2.24, 2.45) is 0 Å². The molecule has 170 valence electrons. The first-order chi connectivity index (χ1) is 16.3. The lowest BCUT2D eigenvalue weighted by molar-refractivity contribution is 0.536. The van der Waals surface area contributed by atoms with Gasteiger partial charge < -0.3 is 4.42 Å². The van der Waals surface area contributed by atoms with Crippen LogP contribution in [-0.2, 0) is 6.54 Å². The van der Waals surface area contributed by atoms with Crippen molar-refractivity contribution in [1.82, 2.24) is 19.1 Å². The number of oxazole rings is 1. The Labute approximate surface area is 199 Å². The lowest BCUT2D eigenvalue weighted by atomic mass is 10.1. The Morgan fingerprint density at radius 3 is 2.35 bits per heavy atom. The molecule has 0 aliphatic rings. The summed E-state index contributed by atoms with van der Waals surface area (Å²) < 4.78 is 8.51. The fraction of sp³-hybridized carbons (Fsp3) is 0.154. The third kappa shape index (κ3) is 3.74. The molecule has 0 saturated carbocycles. The van der Waals surface area contributed by atoms with Gasteiger partial charge in [0, 0.05) is 16.3 Å². The number of pyridine rings is 1. The smallest absolute Gasteiger partial charge is 0.337 e. The van der Waals surface area contributed by atoms with Gasteiger partial charge in [0.05, 0.1) is 17.6 Å². The first-order valence-corrected chi connectivity index (χ1v) is 11.1. The van der Waals surface area contributed by atoms with Gasteiger partial charge in [0.15, 0.2) is 5.65 Å². The number of halogens is 1. The molecule has 0 aliphatic carbocycles. The summed E-state index contributed by atoms with van der Waals surface area (Å²) in [6, 6.07) is 18.1. The second-order valence-electron chi connectivity index (χ2n) is 8.15. The molecule has 0 radical (unpaired) electrons. The Hall–Kier alpha value is -3.97. The van der Waals surface area contributed by atoms with Crippen LogP contribution in [0.2, 0.25) is 5.02 Å². The van der Waals surface area contributed by atoms with Gasteiger partial charge >= 0.3 is 5.69 Å². The summed E-state index contributed by atoms with van der Waals surface area (Å²) >= 11 is 5.98. The maximum Gasteiger partial charge on any atom is 0.337 e. The maximum absolute atomic E-state index is 13.7. The molecule has 5 aromatic rings. The van der Waals surface area contributed by atoms with Gasteiger partial charge in [-0.1, -0.05) is 29.8 Å². The topological polar surface area (TPSA) is 82.9 Å². The van der Waals surface area contributed by atoms with E-state index in [2.05, 4.69) is 9.97 Å². The van der Waals surface area contributed by atoms with Crippen LogP contribution in [0.15, 0.2) is 74.7 Å². The highest BCUT2D eigenvalue weighted by Gasteiger charge is 2.20. The van der Waals surface area contributed by atoms with E-state index in [1.807, 2.05) is 50.2 Å². The molecule has 0 fully saturated rings. The molecule has 0 saturated heterocycles. The van der Waals surface area contributed by atoms with Gasteiger partial charge in [-0.25, -0.2) is 19.3 Å². The average molecular weight is 473 g/mol. The van der Waals surface area contributed by atoms with E-state index in [4.69, 9.17) is 16.0 Å². The fourth-order valence-corrected chi connectivity index (χ4v) is 4.19. The van der Waals surface area contributed by atoms with Crippen molar-refractivity contribution in [3.63, 3.8) is 0 Å². The van der Waals surface area contributed by atoms with Crippen molar-refractivity contribution in [3.05, 3.63) is 109 Å². The second kappa shape index (κ2) is 8.43. The van der Waals surface area contributed by atoms with Crippen LogP contribution in [0, 0.1) is 20.8 Å². The highest BCUT2D eigenvalue weighted by Crippen LogP contribution is 2.24. The minimum atomic E-state index is -0.489. The Balaban J connectivity index is 1.72. The van der Waals surface area contributed by atoms with Crippen molar-refractivity contribution >= 4 is 22.6 Å². The number of hydrogen-bond donors (Lipinski definition) is 0. The van der Waals surface area contributed by atoms with Crippen molar-refractivity contribution in [1.29, 1.82) is 0 Å². The zero-order chi connectivity index (χ0) is 24.0. The Bertz CT molecular complexity index is 1650. The summed E-state index contributed by atoms with van der Waals surface area (Å²) in [7, 11) is 0. The first-order valence-electron chi connectivity index (χ1n) is 10.7. The van der Waals surface area contributed by atoms with Crippen LogP contribution in [0.4, 0.5) is 0 Å². The van der Waals surface area contributed by atoms with Crippen LogP contribution in [0.3, 0.4) is 0 Å². The van der Waals surface area contributed by atoms with Gasteiger partial charge in [-0.05, 0) is 68.8 Å². The first kappa shape index (κ1) is 21.9. The number of aryl methyl sites for hydroxylation is 3. The lowest BCUT2D eigenvalue weighted by Gasteiger charge is -2.15. The van der Waals surface area contributed by atoms with E-state index in [1.54, 1.807) is 31.2 Å². The molecule has 0 N–H and O–H groups in total. The highest BCUT2D eigenvalue weighted by molar-refractivity contribution is 6.30. The minimum absolute atomic E-state index is 0.0311. The van der Waals surface area contributed by atoms with Crippen LogP contribution < -0.4 is 11.2 Å². The predicted octanol–water partition coefficient (Wildman–Crippen LogP) is 4.83. The van der Waals surface area contributed by atoms with E-state index >= 15 is 0 Å². The molecule has 3 heterocycles. The summed E-state index contributed by atoms with van der Waals surface area (Å²) in [5.41, 5.74) is 2.80. The van der Waals surface area contributed by atoms with Crippen LogP contribution in [0.25, 0.3) is 28.2 Å². The van der Waals surface area contributed by atoms with Gasteiger partial charge in [-0.2, -0.15) is 0 Å². The van der Waals surface area contributed by atoms with E-state index < -0.39 is 11.2 Å². The molecule has 0 spiro atoms. The summed E-state index contributed by atoms with van der Waals surface area (Å²) in [6.45, 7) is 5.42. The molecule has 0 amide bonds. The third-order valence-corrected chi connectivity index (χ3v) is 5.98. The van der Waals surface area contributed by atoms with Crippen LogP contribution in [0.1, 0.15) is 22.7 Å². The predicted molar refractivity (Wildman–Crippen MR) is 132 cm³/mol. The summed E-state index contributed by atoms with van der Waals surface area (Å²) in [5, 5.41) is 1.00. The quantitative estimate of drug-likeness (QED) is 0.374. The summed E-state index contributed by atoms with van der Waals surface area (Å²) in [5.74, 6) is 0.927. The van der Waals surface area contributed by atoms with Gasteiger partial charge in [-0.15, -0.1) is 0 Å². The van der Waals surface area contributed by atoms with E-state index in [1.165, 1.54) is 9.13 Å². The molecule has 34 heavy (non-hydrogen) atoms. The van der Waals surface area contributed by atoms with Gasteiger partial charge in [-0.3, -0.25) is 9.36 Å². The summed E-state index contributed by atoms with van der Waals surface area (Å²) in [6.07, 6.45) is 0. The lowest BCUT2D eigenvalue weighted by Crippen LogP contribution is -2.40. The zero-order valence-corrected chi connectivity index (χ0v) is 19.6. The fourth-order valence-electron chi connectivity index (χ4n) is 4.07. The van der Waals surface area contributed by atoms with E-state index in [9.17, 15) is 9.59 Å². The molecule has 3 aromatic heterocycles.